The number of carbonyl (C=O) groups is 1. The van der Waals surface area contributed by atoms with E-state index >= 15 is 0 Å². The van der Waals surface area contributed by atoms with Crippen molar-refractivity contribution in [3.8, 4) is 11.5 Å². The summed E-state index contributed by atoms with van der Waals surface area (Å²) in [5.41, 5.74) is 2.00. The second-order valence-corrected chi connectivity index (χ2v) is 9.83. The number of hydrogen-bond donors (Lipinski definition) is 0. The average molecular weight is 415 g/mol. The number of ether oxygens (including phenoxy) is 1. The van der Waals surface area contributed by atoms with Gasteiger partial charge in [0.1, 0.15) is 0 Å². The Kier molecular flexibility index (Phi) is 4.27. The molecule has 2 unspecified atom stereocenters. The van der Waals surface area contributed by atoms with Crippen LogP contribution >= 0.6 is 0 Å². The Bertz CT molecular complexity index is 1080. The molecule has 4 aliphatic rings. The first-order valence-corrected chi connectivity index (χ1v) is 11.2. The lowest BCUT2D eigenvalue weighted by Gasteiger charge is -2.61. The number of aromatic nitrogens is 2. The van der Waals surface area contributed by atoms with Crippen LogP contribution in [-0.4, -0.2) is 16.2 Å². The normalized spacial score (nSPS) is 31.0. The predicted molar refractivity (Wildman–Crippen MR) is 115 cm³/mol. The number of carbonyl (C=O) groups excluding carboxylic acids is 1. The van der Waals surface area contributed by atoms with Crippen molar-refractivity contribution in [2.75, 3.05) is 0 Å². The highest BCUT2D eigenvalue weighted by molar-refractivity contribution is 5.78. The Hall–Kier alpha value is -2.95. The van der Waals surface area contributed by atoms with Gasteiger partial charge in [-0.2, -0.15) is 0 Å². The molecule has 7 rings (SSSR count). The van der Waals surface area contributed by atoms with E-state index in [1.807, 2.05) is 30.3 Å². The Morgan fingerprint density at radius 2 is 1.61 bits per heavy atom. The molecule has 0 aliphatic heterocycles. The molecule has 5 heteroatoms. The third kappa shape index (κ3) is 3.18. The molecule has 0 saturated heterocycles. The van der Waals surface area contributed by atoms with E-state index in [0.717, 1.165) is 24.8 Å². The van der Waals surface area contributed by atoms with Crippen molar-refractivity contribution in [1.29, 1.82) is 0 Å². The number of nitrogens with zero attached hydrogens (tertiary/aromatic N) is 2. The van der Waals surface area contributed by atoms with Gasteiger partial charge in [-0.25, -0.2) is 0 Å². The summed E-state index contributed by atoms with van der Waals surface area (Å²) in [5.74, 6) is 1.93. The topological polar surface area (TPSA) is 65.2 Å². The molecule has 0 radical (unpaired) electrons. The first kappa shape index (κ1) is 18.8. The molecule has 4 atom stereocenters. The van der Waals surface area contributed by atoms with Crippen molar-refractivity contribution in [3.63, 3.8) is 0 Å². The van der Waals surface area contributed by atoms with Gasteiger partial charge in [-0.15, -0.1) is 10.2 Å². The largest absolute Gasteiger partial charge is 0.455 e. The van der Waals surface area contributed by atoms with Crippen molar-refractivity contribution in [2.45, 2.75) is 50.5 Å². The molecule has 4 fully saturated rings. The van der Waals surface area contributed by atoms with E-state index in [1.54, 1.807) is 0 Å². The second kappa shape index (κ2) is 7.04. The van der Waals surface area contributed by atoms with E-state index in [0.29, 0.717) is 23.6 Å². The molecule has 1 heterocycles. The molecular formula is C26H26N2O3. The number of rotatable bonds is 5. The summed E-state index contributed by atoms with van der Waals surface area (Å²) in [6.45, 7) is 0.0358. The first-order valence-electron chi connectivity index (χ1n) is 11.2. The van der Waals surface area contributed by atoms with Gasteiger partial charge in [0.25, 0.3) is 5.89 Å². The maximum absolute atomic E-state index is 13.4. The van der Waals surface area contributed by atoms with Gasteiger partial charge in [0, 0.05) is 5.56 Å². The smallest absolute Gasteiger partial charge is 0.312 e. The molecular weight excluding hydrogens is 388 g/mol. The van der Waals surface area contributed by atoms with E-state index < -0.39 is 0 Å². The lowest BCUT2D eigenvalue weighted by molar-refractivity contribution is -0.176. The molecule has 5 nitrogen and oxygen atoms in total. The van der Waals surface area contributed by atoms with E-state index in [9.17, 15) is 4.79 Å². The van der Waals surface area contributed by atoms with Crippen molar-refractivity contribution >= 4 is 5.97 Å². The Morgan fingerprint density at radius 3 is 2.32 bits per heavy atom. The summed E-state index contributed by atoms with van der Waals surface area (Å²) >= 11 is 0. The molecule has 4 aliphatic carbocycles. The van der Waals surface area contributed by atoms with Gasteiger partial charge in [0.2, 0.25) is 5.89 Å². The van der Waals surface area contributed by atoms with Crippen LogP contribution in [0.4, 0.5) is 0 Å². The van der Waals surface area contributed by atoms with Gasteiger partial charge in [-0.05, 0) is 73.5 Å². The highest BCUT2D eigenvalue weighted by Gasteiger charge is 2.61. The van der Waals surface area contributed by atoms with Gasteiger partial charge in [0.15, 0.2) is 6.61 Å². The Morgan fingerprint density at radius 1 is 0.935 bits per heavy atom. The molecule has 2 aromatic carbocycles. The molecule has 4 bridgehead atoms. The fourth-order valence-electron chi connectivity index (χ4n) is 6.92. The SMILES string of the molecule is O=C(OCc1nnc(-c2ccccc2)o1)C12C[C@H]3C[C@@H](C1)CC(c1ccccc1)(C3)C2. The van der Waals surface area contributed by atoms with Crippen LogP contribution < -0.4 is 0 Å². The molecule has 0 spiro atoms. The summed E-state index contributed by atoms with van der Waals surface area (Å²) in [6, 6.07) is 20.4. The van der Waals surface area contributed by atoms with Gasteiger partial charge >= 0.3 is 5.97 Å². The van der Waals surface area contributed by atoms with Crippen LogP contribution in [0.15, 0.2) is 65.1 Å². The minimum atomic E-state index is -0.373. The monoisotopic (exact) mass is 414 g/mol. The lowest BCUT2D eigenvalue weighted by Crippen LogP contribution is -2.57. The zero-order valence-corrected chi connectivity index (χ0v) is 17.5. The molecule has 0 N–H and O–H groups in total. The number of hydrogen-bond acceptors (Lipinski definition) is 5. The van der Waals surface area contributed by atoms with Gasteiger partial charge in [-0.1, -0.05) is 48.5 Å². The van der Waals surface area contributed by atoms with Crippen molar-refractivity contribution in [2.24, 2.45) is 17.3 Å². The summed E-state index contributed by atoms with van der Waals surface area (Å²) in [5, 5.41) is 8.18. The lowest BCUT2D eigenvalue weighted by atomic mass is 9.43. The van der Waals surface area contributed by atoms with Gasteiger partial charge in [-0.3, -0.25) is 4.79 Å². The minimum Gasteiger partial charge on any atom is -0.455 e. The van der Waals surface area contributed by atoms with Crippen LogP contribution in [0.2, 0.25) is 0 Å². The maximum Gasteiger partial charge on any atom is 0.312 e. The predicted octanol–water partition coefficient (Wildman–Crippen LogP) is 5.32. The van der Waals surface area contributed by atoms with Crippen molar-refractivity contribution in [1.82, 2.24) is 10.2 Å². The van der Waals surface area contributed by atoms with Crippen molar-refractivity contribution < 1.29 is 13.9 Å². The van der Waals surface area contributed by atoms with Crippen LogP contribution in [-0.2, 0) is 21.6 Å². The van der Waals surface area contributed by atoms with E-state index in [-0.39, 0.29) is 23.4 Å². The van der Waals surface area contributed by atoms with Crippen molar-refractivity contribution in [3.05, 3.63) is 72.1 Å². The molecule has 31 heavy (non-hydrogen) atoms. The van der Waals surface area contributed by atoms with Crippen LogP contribution in [0, 0.1) is 17.3 Å². The van der Waals surface area contributed by atoms with E-state index in [4.69, 9.17) is 9.15 Å². The van der Waals surface area contributed by atoms with Crippen LogP contribution in [0.25, 0.3) is 11.5 Å². The molecule has 0 amide bonds. The highest BCUT2D eigenvalue weighted by Crippen LogP contribution is 2.66. The molecule has 1 aromatic heterocycles. The van der Waals surface area contributed by atoms with Crippen LogP contribution in [0.3, 0.4) is 0 Å². The number of esters is 1. The fourth-order valence-corrected chi connectivity index (χ4v) is 6.92. The van der Waals surface area contributed by atoms with Gasteiger partial charge in [0.05, 0.1) is 5.41 Å². The molecule has 158 valence electrons. The summed E-state index contributed by atoms with van der Waals surface area (Å²) < 4.78 is 11.5. The molecule has 4 saturated carbocycles. The third-order valence-electron chi connectivity index (χ3n) is 7.69. The minimum absolute atomic E-state index is 0.0358. The van der Waals surface area contributed by atoms with Crippen LogP contribution in [0.5, 0.6) is 0 Å². The fraction of sp³-hybridized carbons (Fsp3) is 0.423. The van der Waals surface area contributed by atoms with Crippen LogP contribution in [0.1, 0.15) is 50.0 Å². The summed E-state index contributed by atoms with van der Waals surface area (Å²) in [7, 11) is 0. The standard InChI is InChI=1S/C26H26N2O3/c29-24(30-16-22-27-28-23(31-22)20-7-3-1-4-8-20)26-14-18-11-19(15-26)13-25(12-18,17-26)21-9-5-2-6-10-21/h1-10,18-19H,11-17H2/t18-,19+,25?,26?. The molecule has 3 aromatic rings. The quantitative estimate of drug-likeness (QED) is 0.529. The first-order chi connectivity index (χ1) is 15.1. The third-order valence-corrected chi connectivity index (χ3v) is 7.69. The van der Waals surface area contributed by atoms with Gasteiger partial charge < -0.3 is 9.15 Å². The highest BCUT2D eigenvalue weighted by atomic mass is 16.5. The summed E-state index contributed by atoms with van der Waals surface area (Å²) in [6.07, 6.45) is 6.47. The summed E-state index contributed by atoms with van der Waals surface area (Å²) in [4.78, 5) is 13.4. The second-order valence-electron chi connectivity index (χ2n) is 9.83. The van der Waals surface area contributed by atoms with E-state index in [1.165, 1.54) is 24.8 Å². The maximum atomic E-state index is 13.4. The van der Waals surface area contributed by atoms with E-state index in [2.05, 4.69) is 40.5 Å². The zero-order chi connectivity index (χ0) is 20.9. The average Bonchev–Trinajstić information content (AvgIpc) is 3.27. The Balaban J connectivity index is 1.20. The zero-order valence-electron chi connectivity index (χ0n) is 17.5. The Labute approximate surface area is 181 Å². The number of benzene rings is 2.